The van der Waals surface area contributed by atoms with Gasteiger partial charge in [-0.05, 0) is 6.92 Å². The number of halogens is 1. The molecule has 0 fully saturated rings. The van der Waals surface area contributed by atoms with E-state index >= 15 is 0 Å². The molecule has 0 aromatic carbocycles. The molecule has 0 aliphatic rings. The van der Waals surface area contributed by atoms with Gasteiger partial charge in [-0.15, -0.1) is 5.10 Å². The Labute approximate surface area is 85.1 Å². The Kier molecular flexibility index (Phi) is 2.32. The number of rotatable bonds is 2. The van der Waals surface area contributed by atoms with Gasteiger partial charge < -0.3 is 4.74 Å². The van der Waals surface area contributed by atoms with Crippen LogP contribution in [-0.2, 0) is 0 Å². The third-order valence-electron chi connectivity index (χ3n) is 1.51. The number of hydrogen-bond acceptors (Lipinski definition) is 4. The van der Waals surface area contributed by atoms with E-state index in [1.54, 1.807) is 6.07 Å². The molecule has 0 radical (unpaired) electrons. The van der Waals surface area contributed by atoms with Gasteiger partial charge in [0.1, 0.15) is 0 Å². The maximum absolute atomic E-state index is 5.74. The molecule has 0 aliphatic heterocycles. The smallest absolute Gasteiger partial charge is 0.259 e. The minimum Gasteiger partial charge on any atom is -0.416 e. The zero-order valence-corrected chi connectivity index (χ0v) is 8.12. The molecule has 0 bridgehead atoms. The van der Waals surface area contributed by atoms with Crippen LogP contribution in [0.15, 0.2) is 18.5 Å². The topological polar surface area (TPSA) is 63.7 Å². The molecule has 14 heavy (non-hydrogen) atoms. The fourth-order valence-corrected chi connectivity index (χ4v) is 1.06. The molecular weight excluding hydrogens is 204 g/mol. The van der Waals surface area contributed by atoms with Gasteiger partial charge in [0, 0.05) is 24.2 Å². The van der Waals surface area contributed by atoms with Crippen LogP contribution in [0, 0.1) is 6.92 Å². The summed E-state index contributed by atoms with van der Waals surface area (Å²) < 4.78 is 5.28. The lowest BCUT2D eigenvalue weighted by molar-refractivity contribution is 0.441. The van der Waals surface area contributed by atoms with Crippen LogP contribution < -0.4 is 4.74 Å². The second kappa shape index (κ2) is 3.63. The van der Waals surface area contributed by atoms with Gasteiger partial charge >= 0.3 is 0 Å². The first kappa shape index (κ1) is 8.96. The molecule has 0 aliphatic carbocycles. The van der Waals surface area contributed by atoms with Crippen molar-refractivity contribution >= 4 is 11.6 Å². The maximum atomic E-state index is 5.74. The zero-order chi connectivity index (χ0) is 9.97. The van der Waals surface area contributed by atoms with Gasteiger partial charge in [0.05, 0.1) is 0 Å². The van der Waals surface area contributed by atoms with Crippen LogP contribution in [0.25, 0.3) is 0 Å². The maximum Gasteiger partial charge on any atom is 0.259 e. The van der Waals surface area contributed by atoms with Crippen LogP contribution in [-0.4, -0.2) is 20.2 Å². The van der Waals surface area contributed by atoms with E-state index in [1.165, 1.54) is 12.4 Å². The van der Waals surface area contributed by atoms with Crippen LogP contribution in [0.4, 0.5) is 0 Å². The number of H-pyrrole nitrogens is 1. The van der Waals surface area contributed by atoms with Crippen LogP contribution in [0.2, 0.25) is 5.15 Å². The predicted octanol–water partition coefficient (Wildman–Crippen LogP) is 1.95. The quantitative estimate of drug-likeness (QED) is 0.823. The van der Waals surface area contributed by atoms with Gasteiger partial charge in [-0.25, -0.2) is 9.97 Å². The van der Waals surface area contributed by atoms with E-state index in [9.17, 15) is 0 Å². The average Bonchev–Trinajstić information content (AvgIpc) is 2.56. The second-order valence-electron chi connectivity index (χ2n) is 2.64. The summed E-state index contributed by atoms with van der Waals surface area (Å²) in [4.78, 5) is 7.73. The first-order valence-corrected chi connectivity index (χ1v) is 4.30. The molecule has 2 heterocycles. The Morgan fingerprint density at radius 2 is 2.14 bits per heavy atom. The van der Waals surface area contributed by atoms with E-state index in [1.807, 2.05) is 6.92 Å². The highest BCUT2D eigenvalue weighted by Gasteiger charge is 2.06. The molecule has 72 valence electrons. The van der Waals surface area contributed by atoms with E-state index in [0.29, 0.717) is 5.88 Å². The zero-order valence-electron chi connectivity index (χ0n) is 7.36. The largest absolute Gasteiger partial charge is 0.416 e. The monoisotopic (exact) mass is 210 g/mol. The van der Waals surface area contributed by atoms with Crippen LogP contribution in [0.1, 0.15) is 5.69 Å². The summed E-state index contributed by atoms with van der Waals surface area (Å²) in [7, 11) is 0. The molecule has 0 saturated carbocycles. The predicted molar refractivity (Wildman–Crippen MR) is 50.4 cm³/mol. The lowest BCUT2D eigenvalue weighted by Gasteiger charge is -2.00. The Balaban J connectivity index is 2.23. The summed E-state index contributed by atoms with van der Waals surface area (Å²) >= 11 is 5.74. The molecule has 0 amide bonds. The highest BCUT2D eigenvalue weighted by molar-refractivity contribution is 6.30. The standard InChI is InChI=1S/C8H7ClN4O/c1-5-4-6(13-12-5)14-8-7(9)10-2-3-11-8/h2-4H,1H3,(H,12,13). The van der Waals surface area contributed by atoms with Gasteiger partial charge in [0.2, 0.25) is 5.88 Å². The molecule has 2 aromatic heterocycles. The summed E-state index contributed by atoms with van der Waals surface area (Å²) in [5.41, 5.74) is 0.903. The summed E-state index contributed by atoms with van der Waals surface area (Å²) in [6.45, 7) is 1.87. The van der Waals surface area contributed by atoms with E-state index < -0.39 is 0 Å². The highest BCUT2D eigenvalue weighted by atomic mass is 35.5. The number of ether oxygens (including phenoxy) is 1. The Bertz CT molecular complexity index is 442. The van der Waals surface area contributed by atoms with Crippen molar-refractivity contribution in [2.75, 3.05) is 0 Å². The van der Waals surface area contributed by atoms with E-state index in [4.69, 9.17) is 16.3 Å². The van der Waals surface area contributed by atoms with Gasteiger partial charge in [-0.1, -0.05) is 11.6 Å². The fraction of sp³-hybridized carbons (Fsp3) is 0.125. The van der Waals surface area contributed by atoms with Crippen LogP contribution in [0.3, 0.4) is 0 Å². The van der Waals surface area contributed by atoms with Crippen molar-refractivity contribution in [1.82, 2.24) is 20.2 Å². The van der Waals surface area contributed by atoms with Crippen LogP contribution in [0.5, 0.6) is 11.8 Å². The number of nitrogens with one attached hydrogen (secondary N) is 1. The van der Waals surface area contributed by atoms with Crippen molar-refractivity contribution in [2.24, 2.45) is 0 Å². The lowest BCUT2D eigenvalue weighted by atomic mass is 10.5. The van der Waals surface area contributed by atoms with Crippen molar-refractivity contribution in [2.45, 2.75) is 6.92 Å². The SMILES string of the molecule is Cc1cc(Oc2nccnc2Cl)n[nH]1. The number of nitrogens with zero attached hydrogens (tertiary/aromatic N) is 3. The molecule has 0 saturated heterocycles. The fourth-order valence-electron chi connectivity index (χ4n) is 0.921. The third kappa shape index (κ3) is 1.82. The average molecular weight is 211 g/mol. The summed E-state index contributed by atoms with van der Waals surface area (Å²) in [5, 5.41) is 6.84. The van der Waals surface area contributed by atoms with Crippen molar-refractivity contribution < 1.29 is 4.74 Å². The number of aromatic amines is 1. The molecule has 1 N–H and O–H groups in total. The van der Waals surface area contributed by atoms with Crippen molar-refractivity contribution in [3.8, 4) is 11.8 Å². The molecular formula is C8H7ClN4O. The molecule has 0 spiro atoms. The Morgan fingerprint density at radius 1 is 1.36 bits per heavy atom. The van der Waals surface area contributed by atoms with Crippen molar-refractivity contribution in [3.05, 3.63) is 29.3 Å². The number of aryl methyl sites for hydroxylation is 1. The first-order valence-electron chi connectivity index (χ1n) is 3.92. The van der Waals surface area contributed by atoms with E-state index in [0.717, 1.165) is 5.69 Å². The van der Waals surface area contributed by atoms with Gasteiger partial charge in [0.15, 0.2) is 5.15 Å². The third-order valence-corrected chi connectivity index (χ3v) is 1.77. The normalized spacial score (nSPS) is 10.1. The van der Waals surface area contributed by atoms with Gasteiger partial charge in [-0.2, -0.15) is 0 Å². The van der Waals surface area contributed by atoms with E-state index in [2.05, 4.69) is 20.2 Å². The molecule has 0 atom stereocenters. The van der Waals surface area contributed by atoms with Gasteiger partial charge in [-0.3, -0.25) is 5.10 Å². The minimum absolute atomic E-state index is 0.216. The van der Waals surface area contributed by atoms with Crippen molar-refractivity contribution in [1.29, 1.82) is 0 Å². The van der Waals surface area contributed by atoms with Crippen molar-refractivity contribution in [3.63, 3.8) is 0 Å². The first-order chi connectivity index (χ1) is 6.75. The molecule has 2 rings (SSSR count). The summed E-state index contributed by atoms with van der Waals surface area (Å²) in [5.74, 6) is 0.672. The van der Waals surface area contributed by atoms with E-state index in [-0.39, 0.29) is 11.0 Å². The summed E-state index contributed by atoms with van der Waals surface area (Å²) in [6, 6.07) is 1.74. The summed E-state index contributed by atoms with van der Waals surface area (Å²) in [6.07, 6.45) is 2.99. The highest BCUT2D eigenvalue weighted by Crippen LogP contribution is 2.22. The number of hydrogen-bond donors (Lipinski definition) is 1. The second-order valence-corrected chi connectivity index (χ2v) is 3.00. The lowest BCUT2D eigenvalue weighted by Crippen LogP contribution is -1.90. The number of aromatic nitrogens is 4. The Hall–Kier alpha value is -1.62. The molecule has 5 nitrogen and oxygen atoms in total. The van der Waals surface area contributed by atoms with Gasteiger partial charge in [0.25, 0.3) is 5.88 Å². The molecule has 2 aromatic rings. The minimum atomic E-state index is 0.216. The Morgan fingerprint density at radius 3 is 2.79 bits per heavy atom. The van der Waals surface area contributed by atoms with Crippen LogP contribution >= 0.6 is 11.6 Å². The molecule has 0 unspecified atom stereocenters. The molecule has 6 heteroatoms.